The van der Waals surface area contributed by atoms with Crippen molar-refractivity contribution >= 4 is 40.4 Å². The second-order valence-electron chi connectivity index (χ2n) is 8.75. The van der Waals surface area contributed by atoms with E-state index in [1.165, 1.54) is 32.2 Å². The molecule has 0 unspecified atom stereocenters. The number of amides is 2. The maximum absolute atomic E-state index is 12.6. The van der Waals surface area contributed by atoms with Crippen molar-refractivity contribution in [3.63, 3.8) is 0 Å². The van der Waals surface area contributed by atoms with E-state index in [1.54, 1.807) is 20.2 Å². The molecule has 0 saturated carbocycles. The van der Waals surface area contributed by atoms with Gasteiger partial charge in [0.1, 0.15) is 5.57 Å². The summed E-state index contributed by atoms with van der Waals surface area (Å²) in [5.41, 5.74) is 6.93. The van der Waals surface area contributed by atoms with Gasteiger partial charge in [-0.05, 0) is 66.5 Å². The number of anilines is 1. The summed E-state index contributed by atoms with van der Waals surface area (Å²) >= 11 is 5.16. The van der Waals surface area contributed by atoms with Crippen LogP contribution in [0.4, 0.5) is 5.69 Å². The molecule has 0 bridgehead atoms. The van der Waals surface area contributed by atoms with Crippen LogP contribution < -0.4 is 4.90 Å². The molecule has 1 fully saturated rings. The molecular formula is C24H29N3O2S. The highest BCUT2D eigenvalue weighted by Crippen LogP contribution is 2.47. The smallest absolute Gasteiger partial charge is 0.265 e. The standard InChI is InChI=1S/C24H29N3O2S/c1-14(12-19-21(28)26(7)23(30)27(8)22(19)29)11-18-15(2)24(3,4)20-13-16(25(5)6)9-10-17(18)20/h9-13H,1-8H3/b14-11+. The topological polar surface area (TPSA) is 43.9 Å². The van der Waals surface area contributed by atoms with Crippen molar-refractivity contribution in [2.75, 3.05) is 33.1 Å². The summed E-state index contributed by atoms with van der Waals surface area (Å²) in [6, 6.07) is 6.52. The fraction of sp³-hybridized carbons (Fsp3) is 0.375. The minimum Gasteiger partial charge on any atom is -0.378 e. The maximum Gasteiger partial charge on any atom is 0.265 e. The van der Waals surface area contributed by atoms with Gasteiger partial charge in [-0.1, -0.05) is 31.6 Å². The van der Waals surface area contributed by atoms with Crippen molar-refractivity contribution in [1.29, 1.82) is 0 Å². The third-order valence-electron chi connectivity index (χ3n) is 6.21. The summed E-state index contributed by atoms with van der Waals surface area (Å²) in [5.74, 6) is -0.742. The molecule has 0 radical (unpaired) electrons. The first kappa shape index (κ1) is 22.0. The first-order valence-corrected chi connectivity index (χ1v) is 10.3. The Morgan fingerprint density at radius 1 is 1.10 bits per heavy atom. The van der Waals surface area contributed by atoms with Crippen molar-refractivity contribution in [2.45, 2.75) is 33.1 Å². The molecular weight excluding hydrogens is 394 g/mol. The first-order valence-electron chi connectivity index (χ1n) is 9.91. The molecule has 0 spiro atoms. The highest BCUT2D eigenvalue weighted by atomic mass is 32.1. The van der Waals surface area contributed by atoms with Gasteiger partial charge in [-0.25, -0.2) is 0 Å². The van der Waals surface area contributed by atoms with E-state index in [0.29, 0.717) is 0 Å². The number of allylic oxidation sites excluding steroid dienone is 5. The van der Waals surface area contributed by atoms with Crippen molar-refractivity contribution < 1.29 is 9.59 Å². The second kappa shape index (κ2) is 7.51. The lowest BCUT2D eigenvalue weighted by atomic mass is 9.82. The molecule has 6 heteroatoms. The number of thiocarbonyl (C=S) groups is 1. The van der Waals surface area contributed by atoms with Crippen molar-refractivity contribution in [2.24, 2.45) is 0 Å². The van der Waals surface area contributed by atoms with Crippen LogP contribution in [0.2, 0.25) is 0 Å². The Morgan fingerprint density at radius 3 is 2.20 bits per heavy atom. The monoisotopic (exact) mass is 423 g/mol. The normalized spacial score (nSPS) is 19.0. The van der Waals surface area contributed by atoms with Crippen LogP contribution in [0.1, 0.15) is 38.8 Å². The van der Waals surface area contributed by atoms with E-state index < -0.39 is 0 Å². The minimum absolute atomic E-state index is 0.0935. The molecule has 3 rings (SSSR count). The van der Waals surface area contributed by atoms with Crippen molar-refractivity contribution in [3.8, 4) is 0 Å². The number of carbonyl (C=O) groups excluding carboxylic acids is 2. The van der Waals surface area contributed by atoms with Gasteiger partial charge in [-0.3, -0.25) is 19.4 Å². The van der Waals surface area contributed by atoms with Gasteiger partial charge in [0.2, 0.25) is 0 Å². The molecule has 0 aromatic heterocycles. The van der Waals surface area contributed by atoms with Crippen LogP contribution >= 0.6 is 12.2 Å². The molecule has 0 atom stereocenters. The lowest BCUT2D eigenvalue weighted by Gasteiger charge is -2.31. The number of carbonyl (C=O) groups is 2. The number of rotatable bonds is 3. The predicted octanol–water partition coefficient (Wildman–Crippen LogP) is 3.91. The van der Waals surface area contributed by atoms with Crippen LogP contribution in [-0.4, -0.2) is 54.9 Å². The molecule has 5 nitrogen and oxygen atoms in total. The van der Waals surface area contributed by atoms with Crippen LogP contribution in [0, 0.1) is 0 Å². The quantitative estimate of drug-likeness (QED) is 0.420. The zero-order chi connectivity index (χ0) is 22.5. The first-order chi connectivity index (χ1) is 13.9. The molecule has 30 heavy (non-hydrogen) atoms. The third kappa shape index (κ3) is 3.39. The Hall–Kier alpha value is -2.73. The molecule has 1 heterocycles. The molecule has 0 N–H and O–H groups in total. The Labute approximate surface area is 184 Å². The molecule has 1 aromatic rings. The van der Waals surface area contributed by atoms with Crippen LogP contribution in [0.3, 0.4) is 0 Å². The van der Waals surface area contributed by atoms with Gasteiger partial charge in [0.05, 0.1) is 0 Å². The minimum atomic E-state index is -0.371. The lowest BCUT2D eigenvalue weighted by Crippen LogP contribution is -2.52. The van der Waals surface area contributed by atoms with Gasteiger partial charge in [0.25, 0.3) is 11.8 Å². The van der Waals surface area contributed by atoms with Gasteiger partial charge in [0, 0.05) is 39.3 Å². The third-order valence-corrected chi connectivity index (χ3v) is 6.76. The Kier molecular flexibility index (Phi) is 5.50. The van der Waals surface area contributed by atoms with E-state index >= 15 is 0 Å². The zero-order valence-electron chi connectivity index (χ0n) is 19.0. The summed E-state index contributed by atoms with van der Waals surface area (Å²) in [4.78, 5) is 30.0. The number of nitrogens with zero attached hydrogens (tertiary/aromatic N) is 3. The lowest BCUT2D eigenvalue weighted by molar-refractivity contribution is -0.132. The molecule has 2 amide bonds. The van der Waals surface area contributed by atoms with Crippen LogP contribution in [0.25, 0.3) is 5.57 Å². The fourth-order valence-electron chi connectivity index (χ4n) is 3.96. The van der Waals surface area contributed by atoms with Gasteiger partial charge < -0.3 is 4.90 Å². The highest BCUT2D eigenvalue weighted by Gasteiger charge is 2.36. The fourth-order valence-corrected chi connectivity index (χ4v) is 4.13. The summed E-state index contributed by atoms with van der Waals surface area (Å²) < 4.78 is 0. The molecule has 2 aliphatic rings. The Morgan fingerprint density at radius 2 is 1.67 bits per heavy atom. The Bertz CT molecular complexity index is 1030. The molecule has 1 saturated heterocycles. The number of benzene rings is 1. The Balaban J connectivity index is 2.06. The molecule has 1 aromatic carbocycles. The number of hydrogen-bond acceptors (Lipinski definition) is 4. The van der Waals surface area contributed by atoms with Gasteiger partial charge >= 0.3 is 0 Å². The zero-order valence-corrected chi connectivity index (χ0v) is 19.8. The molecule has 1 aliphatic carbocycles. The van der Waals surface area contributed by atoms with Crippen molar-refractivity contribution in [1.82, 2.24) is 9.80 Å². The van der Waals surface area contributed by atoms with Gasteiger partial charge in [-0.15, -0.1) is 0 Å². The SMILES string of the molecule is CC1=C(/C=C(\C)C=C2C(=O)N(C)C(=S)N(C)C2=O)c2ccc(N(C)C)cc2C1(C)C. The highest BCUT2D eigenvalue weighted by molar-refractivity contribution is 7.80. The van der Waals surface area contributed by atoms with E-state index in [-0.39, 0.29) is 27.9 Å². The van der Waals surface area contributed by atoms with E-state index in [4.69, 9.17) is 12.2 Å². The van der Waals surface area contributed by atoms with E-state index in [0.717, 1.165) is 11.1 Å². The van der Waals surface area contributed by atoms with E-state index in [9.17, 15) is 9.59 Å². The number of hydrogen-bond donors (Lipinski definition) is 0. The summed E-state index contributed by atoms with van der Waals surface area (Å²) in [6.45, 7) is 8.53. The summed E-state index contributed by atoms with van der Waals surface area (Å²) in [6.07, 6.45) is 3.73. The van der Waals surface area contributed by atoms with Crippen LogP contribution in [0.15, 0.2) is 47.1 Å². The van der Waals surface area contributed by atoms with Crippen LogP contribution in [-0.2, 0) is 15.0 Å². The van der Waals surface area contributed by atoms with Gasteiger partial charge in [-0.2, -0.15) is 0 Å². The maximum atomic E-state index is 12.6. The predicted molar refractivity (Wildman–Crippen MR) is 126 cm³/mol. The van der Waals surface area contributed by atoms with Crippen LogP contribution in [0.5, 0.6) is 0 Å². The molecule has 1 aliphatic heterocycles. The van der Waals surface area contributed by atoms with E-state index in [2.05, 4.69) is 49.9 Å². The second-order valence-corrected chi connectivity index (χ2v) is 9.11. The van der Waals surface area contributed by atoms with Crippen molar-refractivity contribution in [3.05, 3.63) is 58.2 Å². The molecule has 158 valence electrons. The largest absolute Gasteiger partial charge is 0.378 e. The summed E-state index contributed by atoms with van der Waals surface area (Å²) in [7, 11) is 7.26. The number of likely N-dealkylation sites (N-methyl/N-ethyl adjacent to an activating group) is 2. The number of fused-ring (bicyclic) bond motifs is 1. The summed E-state index contributed by atoms with van der Waals surface area (Å²) in [5, 5.41) is 0.213. The van der Waals surface area contributed by atoms with Gasteiger partial charge in [0.15, 0.2) is 5.11 Å². The average Bonchev–Trinajstić information content (AvgIpc) is 2.88. The van der Waals surface area contributed by atoms with E-state index in [1.807, 2.05) is 21.0 Å². The average molecular weight is 424 g/mol.